The summed E-state index contributed by atoms with van der Waals surface area (Å²) in [5.74, 6) is -0.109. The van der Waals surface area contributed by atoms with E-state index in [1.165, 1.54) is 6.07 Å². The lowest BCUT2D eigenvalue weighted by Crippen LogP contribution is -2.04. The van der Waals surface area contributed by atoms with E-state index in [9.17, 15) is 10.1 Å². The minimum Gasteiger partial charge on any atom is -0.358 e. The summed E-state index contributed by atoms with van der Waals surface area (Å²) in [5.41, 5.74) is 1.88. The first kappa shape index (κ1) is 12.3. The Labute approximate surface area is 115 Å². The molecule has 0 atom stereocenters. The van der Waals surface area contributed by atoms with E-state index in [2.05, 4.69) is 23.3 Å². The summed E-state index contributed by atoms with van der Waals surface area (Å²) >= 11 is 0. The van der Waals surface area contributed by atoms with Crippen molar-refractivity contribution in [1.29, 1.82) is 0 Å². The Balaban J connectivity index is 2.03. The van der Waals surface area contributed by atoms with E-state index in [0.29, 0.717) is 6.54 Å². The standard InChI is InChI=1S/C15H13N3O2/c1-11-9-15(18(19)20)16-17(11)10-13-7-4-6-12-5-2-3-8-14(12)13/h2-9H,10H2,1H3. The van der Waals surface area contributed by atoms with Crippen LogP contribution >= 0.6 is 0 Å². The number of nitro groups is 1. The van der Waals surface area contributed by atoms with Gasteiger partial charge in [0, 0.05) is 0 Å². The zero-order chi connectivity index (χ0) is 14.1. The molecule has 3 aromatic rings. The molecular formula is C15H13N3O2. The molecule has 1 heterocycles. The quantitative estimate of drug-likeness (QED) is 0.540. The molecule has 0 amide bonds. The van der Waals surface area contributed by atoms with Gasteiger partial charge in [-0.25, -0.2) is 0 Å². The van der Waals surface area contributed by atoms with Crippen LogP contribution in [0.2, 0.25) is 0 Å². The van der Waals surface area contributed by atoms with Gasteiger partial charge in [-0.1, -0.05) is 42.5 Å². The van der Waals surface area contributed by atoms with Gasteiger partial charge in [0.2, 0.25) is 0 Å². The molecule has 2 aromatic carbocycles. The van der Waals surface area contributed by atoms with Gasteiger partial charge in [-0.3, -0.25) is 0 Å². The summed E-state index contributed by atoms with van der Waals surface area (Å²) < 4.78 is 1.67. The normalized spacial score (nSPS) is 10.8. The maximum atomic E-state index is 10.8. The lowest BCUT2D eigenvalue weighted by Gasteiger charge is -2.05. The second-order valence-electron chi connectivity index (χ2n) is 4.70. The SMILES string of the molecule is Cc1cc([N+](=O)[O-])nn1Cc1cccc2ccccc12. The number of aromatic nitrogens is 2. The minimum atomic E-state index is -0.466. The van der Waals surface area contributed by atoms with E-state index in [4.69, 9.17) is 0 Å². The number of aryl methyl sites for hydroxylation is 1. The van der Waals surface area contributed by atoms with Crippen LogP contribution in [0.5, 0.6) is 0 Å². The third-order valence-corrected chi connectivity index (χ3v) is 3.36. The molecule has 1 aromatic heterocycles. The molecule has 0 saturated carbocycles. The number of hydrogen-bond acceptors (Lipinski definition) is 3. The number of fused-ring (bicyclic) bond motifs is 1. The van der Waals surface area contributed by atoms with Crippen molar-refractivity contribution in [2.75, 3.05) is 0 Å². The fraction of sp³-hybridized carbons (Fsp3) is 0.133. The zero-order valence-electron chi connectivity index (χ0n) is 11.0. The van der Waals surface area contributed by atoms with Gasteiger partial charge in [-0.15, -0.1) is 0 Å². The van der Waals surface area contributed by atoms with Crippen LogP contribution < -0.4 is 0 Å². The number of benzene rings is 2. The number of rotatable bonds is 3. The van der Waals surface area contributed by atoms with E-state index in [1.807, 2.05) is 31.2 Å². The van der Waals surface area contributed by atoms with E-state index < -0.39 is 4.92 Å². The van der Waals surface area contributed by atoms with Crippen LogP contribution in [0.25, 0.3) is 10.8 Å². The van der Waals surface area contributed by atoms with Crippen molar-refractivity contribution >= 4 is 16.6 Å². The van der Waals surface area contributed by atoms with Gasteiger partial charge in [0.25, 0.3) is 0 Å². The van der Waals surface area contributed by atoms with E-state index in [-0.39, 0.29) is 5.82 Å². The van der Waals surface area contributed by atoms with Crippen LogP contribution in [0.15, 0.2) is 48.5 Å². The van der Waals surface area contributed by atoms with Crippen LogP contribution in [0.4, 0.5) is 5.82 Å². The van der Waals surface area contributed by atoms with Gasteiger partial charge < -0.3 is 10.1 Å². The first-order valence-corrected chi connectivity index (χ1v) is 6.30. The highest BCUT2D eigenvalue weighted by atomic mass is 16.6. The molecule has 0 fully saturated rings. The van der Waals surface area contributed by atoms with Gasteiger partial charge in [-0.2, -0.15) is 4.68 Å². The van der Waals surface area contributed by atoms with Crippen molar-refractivity contribution in [2.45, 2.75) is 13.5 Å². The Morgan fingerprint density at radius 3 is 2.70 bits per heavy atom. The Kier molecular flexibility index (Phi) is 2.95. The maximum absolute atomic E-state index is 10.8. The fourth-order valence-corrected chi connectivity index (χ4v) is 2.33. The highest BCUT2D eigenvalue weighted by Crippen LogP contribution is 2.20. The molecule has 5 nitrogen and oxygen atoms in total. The molecule has 100 valence electrons. The van der Waals surface area contributed by atoms with Crippen molar-refractivity contribution in [2.24, 2.45) is 0 Å². The van der Waals surface area contributed by atoms with E-state index >= 15 is 0 Å². The minimum absolute atomic E-state index is 0.109. The lowest BCUT2D eigenvalue weighted by molar-refractivity contribution is -0.389. The first-order chi connectivity index (χ1) is 9.65. The van der Waals surface area contributed by atoms with E-state index in [0.717, 1.165) is 22.0 Å². The molecular weight excluding hydrogens is 254 g/mol. The molecule has 0 aliphatic rings. The van der Waals surface area contributed by atoms with Crippen molar-refractivity contribution in [1.82, 2.24) is 9.78 Å². The Morgan fingerprint density at radius 2 is 1.95 bits per heavy atom. The lowest BCUT2D eigenvalue weighted by atomic mass is 10.0. The molecule has 0 N–H and O–H groups in total. The summed E-state index contributed by atoms with van der Waals surface area (Å²) in [5, 5.41) is 17.1. The first-order valence-electron chi connectivity index (χ1n) is 6.30. The predicted octanol–water partition coefficient (Wildman–Crippen LogP) is 3.30. The number of hydrogen-bond donors (Lipinski definition) is 0. The van der Waals surface area contributed by atoms with Gasteiger partial charge in [-0.05, 0) is 28.2 Å². The predicted molar refractivity (Wildman–Crippen MR) is 76.7 cm³/mol. The molecule has 0 spiro atoms. The average Bonchev–Trinajstić information content (AvgIpc) is 2.81. The Bertz CT molecular complexity index is 787. The molecule has 0 aliphatic carbocycles. The third kappa shape index (κ3) is 2.14. The van der Waals surface area contributed by atoms with E-state index in [1.54, 1.807) is 4.68 Å². The fourth-order valence-electron chi connectivity index (χ4n) is 2.33. The molecule has 3 rings (SSSR count). The van der Waals surface area contributed by atoms with Crippen LogP contribution in [0.3, 0.4) is 0 Å². The Morgan fingerprint density at radius 1 is 1.20 bits per heavy atom. The highest BCUT2D eigenvalue weighted by molar-refractivity contribution is 5.85. The van der Waals surface area contributed by atoms with Gasteiger partial charge >= 0.3 is 5.82 Å². The largest absolute Gasteiger partial charge is 0.390 e. The molecule has 0 saturated heterocycles. The second-order valence-corrected chi connectivity index (χ2v) is 4.70. The van der Waals surface area contributed by atoms with Gasteiger partial charge in [0.1, 0.15) is 0 Å². The van der Waals surface area contributed by atoms with Crippen molar-refractivity contribution in [3.8, 4) is 0 Å². The summed E-state index contributed by atoms with van der Waals surface area (Å²) in [6, 6.07) is 15.7. The van der Waals surface area contributed by atoms with Crippen LogP contribution in [0, 0.1) is 17.0 Å². The Hall–Kier alpha value is -2.69. The monoisotopic (exact) mass is 267 g/mol. The van der Waals surface area contributed by atoms with Crippen molar-refractivity contribution in [3.05, 3.63) is 69.9 Å². The molecule has 20 heavy (non-hydrogen) atoms. The second kappa shape index (κ2) is 4.77. The molecule has 0 unspecified atom stereocenters. The maximum Gasteiger partial charge on any atom is 0.390 e. The van der Waals surface area contributed by atoms with Crippen molar-refractivity contribution < 1.29 is 4.92 Å². The highest BCUT2D eigenvalue weighted by Gasteiger charge is 2.15. The summed E-state index contributed by atoms with van der Waals surface area (Å²) in [7, 11) is 0. The smallest absolute Gasteiger partial charge is 0.358 e. The number of nitrogens with zero attached hydrogens (tertiary/aromatic N) is 3. The summed E-state index contributed by atoms with van der Waals surface area (Å²) in [6.45, 7) is 2.35. The average molecular weight is 267 g/mol. The van der Waals surface area contributed by atoms with Gasteiger partial charge in [0.05, 0.1) is 23.4 Å². The van der Waals surface area contributed by atoms with Crippen LogP contribution in [0.1, 0.15) is 11.3 Å². The molecule has 0 radical (unpaired) electrons. The summed E-state index contributed by atoms with van der Waals surface area (Å²) in [4.78, 5) is 10.3. The summed E-state index contributed by atoms with van der Waals surface area (Å²) in [6.07, 6.45) is 0. The zero-order valence-corrected chi connectivity index (χ0v) is 11.0. The third-order valence-electron chi connectivity index (χ3n) is 3.36. The topological polar surface area (TPSA) is 61.0 Å². The molecule has 0 aliphatic heterocycles. The van der Waals surface area contributed by atoms with Gasteiger partial charge in [0.15, 0.2) is 0 Å². The molecule has 0 bridgehead atoms. The van der Waals surface area contributed by atoms with Crippen LogP contribution in [-0.4, -0.2) is 14.7 Å². The van der Waals surface area contributed by atoms with Crippen molar-refractivity contribution in [3.63, 3.8) is 0 Å². The van der Waals surface area contributed by atoms with Crippen LogP contribution in [-0.2, 0) is 6.54 Å². The molecule has 5 heteroatoms.